The van der Waals surface area contributed by atoms with E-state index in [-0.39, 0.29) is 5.91 Å². The van der Waals surface area contributed by atoms with Gasteiger partial charge >= 0.3 is 0 Å². The fourth-order valence-corrected chi connectivity index (χ4v) is 4.06. The molecule has 1 fully saturated rings. The normalized spacial score (nSPS) is 14.8. The van der Waals surface area contributed by atoms with Crippen molar-refractivity contribution < 1.29 is 4.79 Å². The van der Waals surface area contributed by atoms with Gasteiger partial charge in [-0.3, -0.25) is 9.69 Å². The van der Waals surface area contributed by atoms with Gasteiger partial charge in [-0.15, -0.1) is 0 Å². The van der Waals surface area contributed by atoms with E-state index < -0.39 is 0 Å². The molecule has 0 aromatic heterocycles. The third-order valence-corrected chi connectivity index (χ3v) is 6.08. The molecule has 1 aliphatic heterocycles. The van der Waals surface area contributed by atoms with Crippen molar-refractivity contribution >= 4 is 17.3 Å². The SMILES string of the molecule is C/C(CCc1ccccc1)=N/NC(=O)c1ccc(CN2CCN(c3ccccc3)CC2)cc1. The Morgan fingerprint density at radius 3 is 2.12 bits per heavy atom. The number of hydrogen-bond donors (Lipinski definition) is 1. The maximum Gasteiger partial charge on any atom is 0.271 e. The molecule has 1 N–H and O–H groups in total. The number of rotatable bonds is 8. The summed E-state index contributed by atoms with van der Waals surface area (Å²) in [5.74, 6) is -0.169. The number of carbonyl (C=O) groups excluding carboxylic acids is 1. The fraction of sp³-hybridized carbons (Fsp3) is 0.286. The van der Waals surface area contributed by atoms with Crippen LogP contribution in [0.5, 0.6) is 0 Å². The van der Waals surface area contributed by atoms with Crippen LogP contribution in [0.3, 0.4) is 0 Å². The molecule has 0 saturated carbocycles. The van der Waals surface area contributed by atoms with Gasteiger partial charge in [0.1, 0.15) is 0 Å². The van der Waals surface area contributed by atoms with Crippen molar-refractivity contribution in [1.82, 2.24) is 10.3 Å². The first kappa shape index (κ1) is 22.7. The van der Waals surface area contributed by atoms with Crippen LogP contribution in [0, 0.1) is 0 Å². The third kappa shape index (κ3) is 6.77. The van der Waals surface area contributed by atoms with E-state index in [0.29, 0.717) is 5.56 Å². The molecule has 0 radical (unpaired) electrons. The minimum Gasteiger partial charge on any atom is -0.369 e. The Bertz CT molecular complexity index is 1040. The lowest BCUT2D eigenvalue weighted by molar-refractivity contribution is 0.0954. The van der Waals surface area contributed by atoms with Crippen LogP contribution in [0.15, 0.2) is 90.0 Å². The zero-order chi connectivity index (χ0) is 22.9. The maximum atomic E-state index is 12.5. The number of anilines is 1. The van der Waals surface area contributed by atoms with Crippen LogP contribution in [0.25, 0.3) is 0 Å². The number of carbonyl (C=O) groups is 1. The van der Waals surface area contributed by atoms with Crippen molar-refractivity contribution in [2.75, 3.05) is 31.1 Å². The van der Waals surface area contributed by atoms with E-state index in [1.807, 2.05) is 49.4 Å². The first-order valence-electron chi connectivity index (χ1n) is 11.7. The molecule has 4 rings (SSSR count). The Morgan fingerprint density at radius 1 is 0.818 bits per heavy atom. The largest absolute Gasteiger partial charge is 0.369 e. The van der Waals surface area contributed by atoms with Crippen LogP contribution in [0.4, 0.5) is 5.69 Å². The van der Waals surface area contributed by atoms with E-state index in [4.69, 9.17) is 0 Å². The summed E-state index contributed by atoms with van der Waals surface area (Å²) in [5.41, 5.74) is 8.03. The molecule has 3 aromatic carbocycles. The minimum atomic E-state index is -0.169. The highest BCUT2D eigenvalue weighted by Gasteiger charge is 2.17. The number of para-hydroxylation sites is 1. The Balaban J connectivity index is 1.22. The number of hydrazone groups is 1. The summed E-state index contributed by atoms with van der Waals surface area (Å²) in [6.07, 6.45) is 1.74. The second-order valence-electron chi connectivity index (χ2n) is 8.57. The second kappa shape index (κ2) is 11.4. The zero-order valence-electron chi connectivity index (χ0n) is 19.3. The van der Waals surface area contributed by atoms with Gasteiger partial charge in [0.25, 0.3) is 5.91 Å². The number of hydrogen-bond acceptors (Lipinski definition) is 4. The van der Waals surface area contributed by atoms with Crippen LogP contribution in [-0.4, -0.2) is 42.7 Å². The van der Waals surface area contributed by atoms with Gasteiger partial charge in [0, 0.05) is 49.7 Å². The predicted octanol–water partition coefficient (Wildman–Crippen LogP) is 4.75. The maximum absolute atomic E-state index is 12.5. The zero-order valence-corrected chi connectivity index (χ0v) is 19.3. The molecule has 5 nitrogen and oxygen atoms in total. The van der Waals surface area contributed by atoms with Crippen molar-refractivity contribution in [1.29, 1.82) is 0 Å². The monoisotopic (exact) mass is 440 g/mol. The van der Waals surface area contributed by atoms with Gasteiger partial charge in [-0.2, -0.15) is 5.10 Å². The molecule has 1 saturated heterocycles. The molecule has 170 valence electrons. The molecule has 0 bridgehead atoms. The van der Waals surface area contributed by atoms with Crippen LogP contribution in [-0.2, 0) is 13.0 Å². The molecular formula is C28H32N4O. The van der Waals surface area contributed by atoms with Crippen LogP contribution >= 0.6 is 0 Å². The van der Waals surface area contributed by atoms with E-state index in [9.17, 15) is 4.79 Å². The summed E-state index contributed by atoms with van der Waals surface area (Å²) in [7, 11) is 0. The molecule has 0 atom stereocenters. The number of nitrogens with one attached hydrogen (secondary N) is 1. The molecule has 0 aliphatic carbocycles. The van der Waals surface area contributed by atoms with Crippen molar-refractivity contribution in [3.63, 3.8) is 0 Å². The third-order valence-electron chi connectivity index (χ3n) is 6.08. The van der Waals surface area contributed by atoms with Gasteiger partial charge in [0.05, 0.1) is 0 Å². The topological polar surface area (TPSA) is 47.9 Å². The predicted molar refractivity (Wildman–Crippen MR) is 136 cm³/mol. The summed E-state index contributed by atoms with van der Waals surface area (Å²) < 4.78 is 0. The standard InChI is InChI=1S/C28H32N4O/c1-23(12-13-24-8-4-2-5-9-24)29-30-28(33)26-16-14-25(15-17-26)22-31-18-20-32(21-19-31)27-10-6-3-7-11-27/h2-11,14-17H,12-13,18-22H2,1H3,(H,30,33)/b29-23-. The Kier molecular flexibility index (Phi) is 7.88. The molecule has 1 aliphatic rings. The molecule has 0 spiro atoms. The van der Waals surface area contributed by atoms with Crippen LogP contribution in [0.2, 0.25) is 0 Å². The minimum absolute atomic E-state index is 0.169. The van der Waals surface area contributed by atoms with Gasteiger partial charge in [-0.05, 0) is 55.2 Å². The average Bonchev–Trinajstić information content (AvgIpc) is 2.88. The summed E-state index contributed by atoms with van der Waals surface area (Å²) >= 11 is 0. The number of aryl methyl sites for hydroxylation is 1. The lowest BCUT2D eigenvalue weighted by Crippen LogP contribution is -2.45. The number of piperazine rings is 1. The average molecular weight is 441 g/mol. The van der Waals surface area contributed by atoms with E-state index in [2.05, 4.69) is 62.8 Å². The molecule has 3 aromatic rings. The summed E-state index contributed by atoms with van der Waals surface area (Å²) in [6.45, 7) is 6.99. The molecule has 0 unspecified atom stereocenters. The molecule has 1 heterocycles. The lowest BCUT2D eigenvalue weighted by atomic mass is 10.1. The Hall–Kier alpha value is -3.44. The number of nitrogens with zero attached hydrogens (tertiary/aromatic N) is 3. The highest BCUT2D eigenvalue weighted by atomic mass is 16.2. The van der Waals surface area contributed by atoms with Crippen molar-refractivity contribution in [2.24, 2.45) is 5.10 Å². The quantitative estimate of drug-likeness (QED) is 0.406. The van der Waals surface area contributed by atoms with Gasteiger partial charge in [-0.1, -0.05) is 60.7 Å². The van der Waals surface area contributed by atoms with Gasteiger partial charge in [-0.25, -0.2) is 5.43 Å². The van der Waals surface area contributed by atoms with E-state index in [1.165, 1.54) is 16.8 Å². The first-order valence-corrected chi connectivity index (χ1v) is 11.7. The highest BCUT2D eigenvalue weighted by Crippen LogP contribution is 2.17. The Morgan fingerprint density at radius 2 is 1.45 bits per heavy atom. The molecular weight excluding hydrogens is 408 g/mol. The number of amides is 1. The fourth-order valence-electron chi connectivity index (χ4n) is 4.06. The highest BCUT2D eigenvalue weighted by molar-refractivity contribution is 5.95. The van der Waals surface area contributed by atoms with E-state index in [0.717, 1.165) is 51.3 Å². The van der Waals surface area contributed by atoms with Crippen molar-refractivity contribution in [3.8, 4) is 0 Å². The van der Waals surface area contributed by atoms with Gasteiger partial charge < -0.3 is 4.90 Å². The second-order valence-corrected chi connectivity index (χ2v) is 8.57. The smallest absolute Gasteiger partial charge is 0.271 e. The van der Waals surface area contributed by atoms with E-state index >= 15 is 0 Å². The summed E-state index contributed by atoms with van der Waals surface area (Å²) in [5, 5.41) is 4.27. The Labute approximate surface area is 196 Å². The van der Waals surface area contributed by atoms with Gasteiger partial charge in [0.15, 0.2) is 0 Å². The molecule has 33 heavy (non-hydrogen) atoms. The number of benzene rings is 3. The van der Waals surface area contributed by atoms with Crippen LogP contribution in [0.1, 0.15) is 34.8 Å². The first-order chi connectivity index (χ1) is 16.2. The van der Waals surface area contributed by atoms with Crippen LogP contribution < -0.4 is 10.3 Å². The molecule has 1 amide bonds. The van der Waals surface area contributed by atoms with Gasteiger partial charge in [0.2, 0.25) is 0 Å². The lowest BCUT2D eigenvalue weighted by Gasteiger charge is -2.36. The summed E-state index contributed by atoms with van der Waals surface area (Å²) in [4.78, 5) is 17.4. The van der Waals surface area contributed by atoms with Crippen molar-refractivity contribution in [3.05, 3.63) is 102 Å². The summed E-state index contributed by atoms with van der Waals surface area (Å²) in [6, 6.07) is 28.8. The van der Waals surface area contributed by atoms with Crippen molar-refractivity contribution in [2.45, 2.75) is 26.3 Å². The van der Waals surface area contributed by atoms with E-state index in [1.54, 1.807) is 0 Å². The molecule has 5 heteroatoms.